The van der Waals surface area contributed by atoms with E-state index in [4.69, 9.17) is 15.2 Å². The summed E-state index contributed by atoms with van der Waals surface area (Å²) >= 11 is 0. The van der Waals surface area contributed by atoms with Crippen LogP contribution in [0.4, 0.5) is 4.39 Å². The van der Waals surface area contributed by atoms with Gasteiger partial charge in [-0.25, -0.2) is 4.39 Å². The summed E-state index contributed by atoms with van der Waals surface area (Å²) in [5.74, 6) is 0.771. The molecule has 2 unspecified atom stereocenters. The van der Waals surface area contributed by atoms with Gasteiger partial charge in [0.15, 0.2) is 11.5 Å². The number of halogens is 1. The molecule has 0 saturated carbocycles. The van der Waals surface area contributed by atoms with E-state index in [9.17, 15) is 4.39 Å². The molecular formula is C14H22FNO2. The smallest absolute Gasteiger partial charge is 0.163 e. The molecule has 1 rings (SSSR count). The molecule has 0 spiro atoms. The van der Waals surface area contributed by atoms with Gasteiger partial charge in [0.05, 0.1) is 14.2 Å². The minimum Gasteiger partial charge on any atom is -0.493 e. The molecule has 0 bridgehead atoms. The van der Waals surface area contributed by atoms with E-state index < -0.39 is 0 Å². The van der Waals surface area contributed by atoms with Gasteiger partial charge in [0, 0.05) is 17.7 Å². The fraction of sp³-hybridized carbons (Fsp3) is 0.571. The lowest BCUT2D eigenvalue weighted by Crippen LogP contribution is -2.20. The van der Waals surface area contributed by atoms with E-state index in [0.717, 1.165) is 12.8 Å². The number of benzene rings is 1. The molecule has 2 atom stereocenters. The lowest BCUT2D eigenvalue weighted by Gasteiger charge is -2.21. The second-order valence-electron chi connectivity index (χ2n) is 4.52. The predicted molar refractivity (Wildman–Crippen MR) is 70.5 cm³/mol. The van der Waals surface area contributed by atoms with Crippen LogP contribution in [-0.2, 0) is 0 Å². The van der Waals surface area contributed by atoms with Gasteiger partial charge in [-0.15, -0.1) is 0 Å². The van der Waals surface area contributed by atoms with Crippen molar-refractivity contribution in [3.8, 4) is 11.5 Å². The molecule has 1 aromatic carbocycles. The van der Waals surface area contributed by atoms with Crippen LogP contribution in [0.2, 0.25) is 0 Å². The van der Waals surface area contributed by atoms with E-state index in [1.807, 2.05) is 6.92 Å². The molecule has 3 nitrogen and oxygen atoms in total. The van der Waals surface area contributed by atoms with Crippen molar-refractivity contribution in [2.24, 2.45) is 11.7 Å². The molecule has 0 saturated heterocycles. The topological polar surface area (TPSA) is 44.5 Å². The van der Waals surface area contributed by atoms with Crippen molar-refractivity contribution in [1.82, 2.24) is 0 Å². The number of nitrogens with two attached hydrogens (primary N) is 1. The van der Waals surface area contributed by atoms with Gasteiger partial charge in [0.25, 0.3) is 0 Å². The van der Waals surface area contributed by atoms with Gasteiger partial charge in [0.2, 0.25) is 0 Å². The van der Waals surface area contributed by atoms with E-state index in [2.05, 4.69) is 6.92 Å². The van der Waals surface area contributed by atoms with Crippen LogP contribution in [0.5, 0.6) is 11.5 Å². The highest BCUT2D eigenvalue weighted by Gasteiger charge is 2.20. The van der Waals surface area contributed by atoms with Crippen LogP contribution in [0, 0.1) is 11.7 Å². The monoisotopic (exact) mass is 255 g/mol. The van der Waals surface area contributed by atoms with Gasteiger partial charge >= 0.3 is 0 Å². The summed E-state index contributed by atoms with van der Waals surface area (Å²) in [5.41, 5.74) is 6.58. The molecule has 2 N–H and O–H groups in total. The summed E-state index contributed by atoms with van der Waals surface area (Å²) in [6, 6.07) is 2.63. The Kier molecular flexibility index (Phi) is 5.41. The zero-order valence-corrected chi connectivity index (χ0v) is 11.5. The Morgan fingerprint density at radius 2 is 1.78 bits per heavy atom. The largest absolute Gasteiger partial charge is 0.493 e. The molecule has 0 aliphatic heterocycles. The van der Waals surface area contributed by atoms with Gasteiger partial charge in [-0.3, -0.25) is 0 Å². The average Bonchev–Trinajstić information content (AvgIpc) is 2.37. The summed E-state index contributed by atoms with van der Waals surface area (Å²) in [6.07, 6.45) is 2.00. The van der Waals surface area contributed by atoms with Crippen LogP contribution in [-0.4, -0.2) is 14.2 Å². The van der Waals surface area contributed by atoms with Crippen molar-refractivity contribution >= 4 is 0 Å². The molecule has 0 aliphatic carbocycles. The highest BCUT2D eigenvalue weighted by Crippen LogP contribution is 2.34. The first kappa shape index (κ1) is 14.8. The number of hydrogen-bond donors (Lipinski definition) is 1. The summed E-state index contributed by atoms with van der Waals surface area (Å²) in [7, 11) is 3.01. The fourth-order valence-corrected chi connectivity index (χ4v) is 2.07. The van der Waals surface area contributed by atoms with Crippen LogP contribution >= 0.6 is 0 Å². The van der Waals surface area contributed by atoms with Crippen molar-refractivity contribution < 1.29 is 13.9 Å². The van der Waals surface area contributed by atoms with Gasteiger partial charge < -0.3 is 15.2 Å². The molecule has 0 amide bonds. The third kappa shape index (κ3) is 3.13. The van der Waals surface area contributed by atoms with Crippen molar-refractivity contribution in [2.75, 3.05) is 14.2 Å². The Hall–Kier alpha value is -1.29. The summed E-state index contributed by atoms with van der Waals surface area (Å²) in [5, 5.41) is 0. The first-order chi connectivity index (χ1) is 8.54. The molecule has 0 heterocycles. The van der Waals surface area contributed by atoms with Crippen molar-refractivity contribution in [2.45, 2.75) is 32.7 Å². The zero-order chi connectivity index (χ0) is 13.7. The second kappa shape index (κ2) is 6.59. The number of rotatable bonds is 6. The summed E-state index contributed by atoms with van der Waals surface area (Å²) in [4.78, 5) is 0. The Morgan fingerprint density at radius 3 is 2.28 bits per heavy atom. The van der Waals surface area contributed by atoms with Crippen molar-refractivity contribution in [1.29, 1.82) is 0 Å². The lowest BCUT2D eigenvalue weighted by molar-refractivity contribution is 0.348. The Bertz CT molecular complexity index is 396. The maximum absolute atomic E-state index is 14.0. The average molecular weight is 255 g/mol. The van der Waals surface area contributed by atoms with Crippen LogP contribution in [0.25, 0.3) is 0 Å². The third-order valence-corrected chi connectivity index (χ3v) is 3.22. The quantitative estimate of drug-likeness (QED) is 0.848. The number of hydrogen-bond acceptors (Lipinski definition) is 3. The predicted octanol–water partition coefficient (Wildman–Crippen LogP) is 3.28. The third-order valence-electron chi connectivity index (χ3n) is 3.22. The molecule has 0 radical (unpaired) electrons. The van der Waals surface area contributed by atoms with E-state index in [1.54, 1.807) is 6.07 Å². The van der Waals surface area contributed by atoms with E-state index >= 15 is 0 Å². The molecule has 0 fully saturated rings. The first-order valence-electron chi connectivity index (χ1n) is 6.22. The Labute approximate surface area is 108 Å². The standard InChI is InChI=1S/C14H22FNO2/c1-5-6-9(2)14(16)10-7-12(17-3)13(18-4)8-11(10)15/h7-9,14H,5-6,16H2,1-4H3. The molecule has 0 aliphatic rings. The maximum Gasteiger partial charge on any atom is 0.163 e. The fourth-order valence-electron chi connectivity index (χ4n) is 2.07. The molecule has 4 heteroatoms. The normalized spacial score (nSPS) is 14.1. The molecule has 102 valence electrons. The van der Waals surface area contributed by atoms with E-state index in [-0.39, 0.29) is 17.8 Å². The maximum atomic E-state index is 14.0. The van der Waals surface area contributed by atoms with E-state index in [0.29, 0.717) is 17.1 Å². The summed E-state index contributed by atoms with van der Waals surface area (Å²) < 4.78 is 24.2. The van der Waals surface area contributed by atoms with Gasteiger partial charge in [-0.1, -0.05) is 20.3 Å². The van der Waals surface area contributed by atoms with Crippen molar-refractivity contribution in [3.05, 3.63) is 23.5 Å². The number of methoxy groups -OCH3 is 2. The lowest BCUT2D eigenvalue weighted by atomic mass is 9.91. The number of ether oxygens (including phenoxy) is 2. The molecule has 1 aromatic rings. The Balaban J connectivity index is 3.08. The van der Waals surface area contributed by atoms with Crippen LogP contribution in [0.15, 0.2) is 12.1 Å². The van der Waals surface area contributed by atoms with Gasteiger partial charge in [-0.2, -0.15) is 0 Å². The van der Waals surface area contributed by atoms with E-state index in [1.165, 1.54) is 20.3 Å². The SMILES string of the molecule is CCCC(C)C(N)c1cc(OC)c(OC)cc1F. The highest BCUT2D eigenvalue weighted by atomic mass is 19.1. The minimum atomic E-state index is -0.344. The second-order valence-corrected chi connectivity index (χ2v) is 4.52. The van der Waals surface area contributed by atoms with Crippen LogP contribution in [0.3, 0.4) is 0 Å². The van der Waals surface area contributed by atoms with Crippen LogP contribution in [0.1, 0.15) is 38.3 Å². The van der Waals surface area contributed by atoms with Gasteiger partial charge in [0.1, 0.15) is 5.82 Å². The van der Waals surface area contributed by atoms with Crippen molar-refractivity contribution in [3.63, 3.8) is 0 Å². The molecule has 18 heavy (non-hydrogen) atoms. The molecule has 0 aromatic heterocycles. The summed E-state index contributed by atoms with van der Waals surface area (Å²) in [6.45, 7) is 4.12. The first-order valence-corrected chi connectivity index (χ1v) is 6.22. The zero-order valence-electron chi connectivity index (χ0n) is 11.5. The highest BCUT2D eigenvalue weighted by molar-refractivity contribution is 5.44. The molecular weight excluding hydrogens is 233 g/mol. The minimum absolute atomic E-state index is 0.225. The Morgan fingerprint density at radius 1 is 1.22 bits per heavy atom. The van der Waals surface area contributed by atoms with Crippen LogP contribution < -0.4 is 15.2 Å². The van der Waals surface area contributed by atoms with Gasteiger partial charge in [-0.05, 0) is 18.4 Å².